The first-order valence-corrected chi connectivity index (χ1v) is 4.57. The second-order valence-corrected chi connectivity index (χ2v) is 3.37. The van der Waals surface area contributed by atoms with Crippen molar-refractivity contribution < 1.29 is 0 Å². The predicted molar refractivity (Wildman–Crippen MR) is 49.0 cm³/mol. The van der Waals surface area contributed by atoms with Crippen LogP contribution in [0, 0.1) is 0 Å². The summed E-state index contributed by atoms with van der Waals surface area (Å²) < 4.78 is 0. The zero-order chi connectivity index (χ0) is 8.32. The van der Waals surface area contributed by atoms with Crippen molar-refractivity contribution in [3.8, 4) is 0 Å². The summed E-state index contributed by atoms with van der Waals surface area (Å²) in [6.45, 7) is 7.65. The highest BCUT2D eigenvalue weighted by Crippen LogP contribution is 2.28. The van der Waals surface area contributed by atoms with Crippen molar-refractivity contribution in [2.75, 3.05) is 6.54 Å². The van der Waals surface area contributed by atoms with Gasteiger partial charge in [-0.25, -0.2) is 0 Å². The van der Waals surface area contributed by atoms with Gasteiger partial charge in [-0.3, -0.25) is 4.99 Å². The van der Waals surface area contributed by atoms with E-state index < -0.39 is 0 Å². The quantitative estimate of drug-likeness (QED) is 0.615. The fraction of sp³-hybridized carbons (Fsp3) is 0.889. The first-order chi connectivity index (χ1) is 5.23. The lowest BCUT2D eigenvalue weighted by Crippen LogP contribution is -2.27. The molecule has 1 heterocycles. The molecule has 0 fully saturated rings. The Labute approximate surface area is 69.1 Å². The van der Waals surface area contributed by atoms with E-state index in [2.05, 4.69) is 31.1 Å². The van der Waals surface area contributed by atoms with Crippen molar-refractivity contribution in [2.24, 2.45) is 4.99 Å². The maximum absolute atomic E-state index is 4.38. The molecule has 0 aromatic heterocycles. The Bertz CT molecular complexity index is 163. The molecule has 2 nitrogen and oxygen atoms in total. The van der Waals surface area contributed by atoms with Crippen molar-refractivity contribution in [3.05, 3.63) is 0 Å². The number of amidine groups is 1. The summed E-state index contributed by atoms with van der Waals surface area (Å²) in [7, 11) is 0. The number of rotatable bonds is 4. The minimum Gasteiger partial charge on any atom is -0.372 e. The predicted octanol–water partition coefficient (Wildman–Crippen LogP) is 1.96. The van der Waals surface area contributed by atoms with Gasteiger partial charge in [0.1, 0.15) is 11.4 Å². The van der Waals surface area contributed by atoms with Crippen molar-refractivity contribution in [2.45, 2.75) is 45.6 Å². The van der Waals surface area contributed by atoms with Crippen LogP contribution in [0.5, 0.6) is 0 Å². The molecule has 0 radical (unpaired) electrons. The van der Waals surface area contributed by atoms with E-state index in [0.29, 0.717) is 0 Å². The Morgan fingerprint density at radius 2 is 2.18 bits per heavy atom. The van der Waals surface area contributed by atoms with Crippen LogP contribution in [-0.2, 0) is 0 Å². The molecule has 1 atom stereocenters. The Morgan fingerprint density at radius 3 is 2.64 bits per heavy atom. The first-order valence-electron chi connectivity index (χ1n) is 4.57. The van der Waals surface area contributed by atoms with E-state index in [1.807, 2.05) is 0 Å². The van der Waals surface area contributed by atoms with Gasteiger partial charge in [0.25, 0.3) is 0 Å². The molecule has 0 spiro atoms. The van der Waals surface area contributed by atoms with E-state index in [-0.39, 0.29) is 5.54 Å². The number of nitrogens with zero attached hydrogens (tertiary/aromatic N) is 1. The lowest BCUT2D eigenvalue weighted by atomic mass is 10.1. The maximum Gasteiger partial charge on any atom is 0.125 e. The molecule has 1 rings (SSSR count). The lowest BCUT2D eigenvalue weighted by molar-refractivity contribution is 0.679. The highest BCUT2D eigenvalue weighted by atomic mass is 15.2. The van der Waals surface area contributed by atoms with Crippen LogP contribution in [0.25, 0.3) is 0 Å². The molecule has 0 saturated heterocycles. The van der Waals surface area contributed by atoms with Gasteiger partial charge in [-0.1, -0.05) is 20.3 Å². The molecular formula is C9H18N2. The maximum atomic E-state index is 4.38. The Morgan fingerprint density at radius 1 is 1.45 bits per heavy atom. The molecule has 0 aromatic carbocycles. The summed E-state index contributed by atoms with van der Waals surface area (Å²) in [4.78, 5) is 4.38. The zero-order valence-corrected chi connectivity index (χ0v) is 7.78. The van der Waals surface area contributed by atoms with E-state index in [0.717, 1.165) is 13.0 Å². The molecule has 64 valence electrons. The summed E-state index contributed by atoms with van der Waals surface area (Å²) in [5, 5.41) is 3.35. The third kappa shape index (κ3) is 1.95. The Hall–Kier alpha value is -0.530. The van der Waals surface area contributed by atoms with Crippen LogP contribution in [0.2, 0.25) is 0 Å². The summed E-state index contributed by atoms with van der Waals surface area (Å²) in [6, 6.07) is 0. The average Bonchev–Trinajstić information content (AvgIpc) is 2.64. The minimum absolute atomic E-state index is 0.188. The monoisotopic (exact) mass is 154 g/mol. The molecule has 1 aliphatic heterocycles. The van der Waals surface area contributed by atoms with Gasteiger partial charge in [-0.2, -0.15) is 0 Å². The normalized spacial score (nSPS) is 28.1. The van der Waals surface area contributed by atoms with E-state index in [1.54, 1.807) is 0 Å². The van der Waals surface area contributed by atoms with E-state index in [1.165, 1.54) is 18.7 Å². The number of hydrogen-bond donors (Lipinski definition) is 1. The summed E-state index contributed by atoms with van der Waals surface area (Å²) >= 11 is 0. The van der Waals surface area contributed by atoms with Crippen LogP contribution < -0.4 is 5.32 Å². The third-order valence-corrected chi connectivity index (χ3v) is 2.33. The van der Waals surface area contributed by atoms with Crippen LogP contribution in [0.15, 0.2) is 4.99 Å². The van der Waals surface area contributed by atoms with Gasteiger partial charge in [0.15, 0.2) is 0 Å². The highest BCUT2D eigenvalue weighted by Gasteiger charge is 2.39. The molecule has 0 aromatic rings. The smallest absolute Gasteiger partial charge is 0.125 e. The summed E-state index contributed by atoms with van der Waals surface area (Å²) in [6.07, 6.45) is 3.63. The average molecular weight is 154 g/mol. The van der Waals surface area contributed by atoms with Crippen LogP contribution >= 0.6 is 0 Å². The number of aliphatic imine (C=N–C) groups is 1. The van der Waals surface area contributed by atoms with Crippen molar-refractivity contribution in [3.63, 3.8) is 0 Å². The molecule has 0 aliphatic carbocycles. The topological polar surface area (TPSA) is 24.4 Å². The molecule has 1 unspecified atom stereocenters. The van der Waals surface area contributed by atoms with E-state index in [9.17, 15) is 0 Å². The third-order valence-electron chi connectivity index (χ3n) is 2.33. The molecule has 1 aliphatic rings. The van der Waals surface area contributed by atoms with Gasteiger partial charge in [0.05, 0.1) is 0 Å². The molecular weight excluding hydrogens is 136 g/mol. The summed E-state index contributed by atoms with van der Waals surface area (Å²) in [5.41, 5.74) is 0.188. The SMILES string of the molecule is CCCCNC1=NC1(C)CC. The lowest BCUT2D eigenvalue weighted by Gasteiger charge is -2.05. The van der Waals surface area contributed by atoms with Crippen LogP contribution in [0.1, 0.15) is 40.0 Å². The summed E-state index contributed by atoms with van der Waals surface area (Å²) in [5.74, 6) is 1.22. The van der Waals surface area contributed by atoms with Gasteiger partial charge < -0.3 is 5.32 Å². The number of nitrogens with one attached hydrogen (secondary N) is 1. The first kappa shape index (κ1) is 8.57. The second kappa shape index (κ2) is 3.24. The van der Waals surface area contributed by atoms with Gasteiger partial charge in [-0.15, -0.1) is 0 Å². The van der Waals surface area contributed by atoms with Crippen LogP contribution in [0.3, 0.4) is 0 Å². The minimum atomic E-state index is 0.188. The van der Waals surface area contributed by atoms with Gasteiger partial charge >= 0.3 is 0 Å². The Balaban J connectivity index is 2.08. The van der Waals surface area contributed by atoms with E-state index in [4.69, 9.17) is 0 Å². The largest absolute Gasteiger partial charge is 0.372 e. The van der Waals surface area contributed by atoms with Gasteiger partial charge in [-0.05, 0) is 19.8 Å². The van der Waals surface area contributed by atoms with Gasteiger partial charge in [0, 0.05) is 6.54 Å². The molecule has 1 N–H and O–H groups in total. The van der Waals surface area contributed by atoms with Crippen LogP contribution in [-0.4, -0.2) is 17.9 Å². The van der Waals surface area contributed by atoms with E-state index >= 15 is 0 Å². The molecule has 0 bridgehead atoms. The van der Waals surface area contributed by atoms with Crippen molar-refractivity contribution in [1.82, 2.24) is 5.32 Å². The highest BCUT2D eigenvalue weighted by molar-refractivity contribution is 6.02. The molecule has 0 saturated carbocycles. The standard InChI is InChI=1S/C9H18N2/c1-4-6-7-10-8-9(3,5-2)11-8/h4-7H2,1-3H3,(H,10,11). The van der Waals surface area contributed by atoms with Crippen molar-refractivity contribution in [1.29, 1.82) is 0 Å². The molecule has 11 heavy (non-hydrogen) atoms. The molecule has 2 heteroatoms. The zero-order valence-electron chi connectivity index (χ0n) is 7.78. The van der Waals surface area contributed by atoms with Crippen molar-refractivity contribution >= 4 is 5.84 Å². The number of unbranched alkanes of at least 4 members (excludes halogenated alkanes) is 1. The molecule has 0 amide bonds. The fourth-order valence-corrected chi connectivity index (χ4v) is 1.08. The fourth-order valence-electron chi connectivity index (χ4n) is 1.08. The second-order valence-electron chi connectivity index (χ2n) is 3.37. The van der Waals surface area contributed by atoms with Gasteiger partial charge in [0.2, 0.25) is 0 Å². The number of hydrogen-bond acceptors (Lipinski definition) is 2. The Kier molecular flexibility index (Phi) is 2.53. The van der Waals surface area contributed by atoms with Crippen LogP contribution in [0.4, 0.5) is 0 Å².